The van der Waals surface area contributed by atoms with Gasteiger partial charge in [0.05, 0.1) is 0 Å². The molecule has 0 aromatic heterocycles. The minimum absolute atomic E-state index is 1.12. The molecule has 4 rings (SSSR count). The summed E-state index contributed by atoms with van der Waals surface area (Å²) < 4.78 is 0. The maximum Gasteiger partial charge on any atom is -0.0140 e. The molecule has 2 aliphatic carbocycles. The van der Waals surface area contributed by atoms with E-state index in [1.807, 2.05) is 0 Å². The van der Waals surface area contributed by atoms with Gasteiger partial charge in [0.2, 0.25) is 0 Å². The molecule has 0 bridgehead atoms. The third kappa shape index (κ3) is 2.05. The van der Waals surface area contributed by atoms with E-state index in [2.05, 4.69) is 50.3 Å². The van der Waals surface area contributed by atoms with Crippen molar-refractivity contribution in [2.75, 3.05) is 0 Å². The molecule has 0 aliphatic heterocycles. The summed E-state index contributed by atoms with van der Waals surface area (Å²) in [5, 5.41) is 2.99. The first-order chi connectivity index (χ1) is 10.8. The van der Waals surface area contributed by atoms with E-state index in [4.69, 9.17) is 0 Å². The Hall–Kier alpha value is -1.82. The molecule has 0 N–H and O–H groups in total. The Morgan fingerprint density at radius 2 is 1.82 bits per heavy atom. The van der Waals surface area contributed by atoms with Crippen LogP contribution in [0.4, 0.5) is 0 Å². The molecule has 22 heavy (non-hydrogen) atoms. The smallest absolute Gasteiger partial charge is 0.0140 e. The molecule has 0 saturated carbocycles. The average Bonchev–Trinajstić information content (AvgIpc) is 2.60. The number of allylic oxidation sites excluding steroid dienone is 4. The Morgan fingerprint density at radius 3 is 2.64 bits per heavy atom. The van der Waals surface area contributed by atoms with E-state index in [1.54, 1.807) is 11.1 Å². The van der Waals surface area contributed by atoms with Crippen LogP contribution in [0, 0.1) is 0 Å². The first kappa shape index (κ1) is 13.8. The molecular weight excluding hydrogens is 264 g/mol. The summed E-state index contributed by atoms with van der Waals surface area (Å²) in [4.78, 5) is 0. The van der Waals surface area contributed by atoms with Crippen LogP contribution in [-0.4, -0.2) is 0 Å². The molecular formula is C22H24. The van der Waals surface area contributed by atoms with E-state index in [9.17, 15) is 0 Å². The van der Waals surface area contributed by atoms with Crippen LogP contribution in [0.15, 0.2) is 42.0 Å². The molecule has 0 unspecified atom stereocenters. The molecule has 0 heteroatoms. The molecule has 0 fully saturated rings. The standard InChI is InChI=1S/C22H24/c1-3-15-13-16(4-2)19-11-12-20-18-8-6-5-7-17(18)9-10-21(20)22(19)14-15/h6,8,11-14H,3-5,7,9-10H2,1-2H3. The lowest BCUT2D eigenvalue weighted by atomic mass is 9.79. The second-order valence-electron chi connectivity index (χ2n) is 6.61. The van der Waals surface area contributed by atoms with Gasteiger partial charge in [0.25, 0.3) is 0 Å². The Bertz CT molecular complexity index is 802. The van der Waals surface area contributed by atoms with Crippen molar-refractivity contribution < 1.29 is 0 Å². The largest absolute Gasteiger partial charge is 0.0836 e. The van der Waals surface area contributed by atoms with Crippen LogP contribution in [0.2, 0.25) is 0 Å². The Labute approximate surface area is 133 Å². The lowest BCUT2D eigenvalue weighted by Crippen LogP contribution is -2.07. The molecule has 0 atom stereocenters. The van der Waals surface area contributed by atoms with E-state index in [0.717, 1.165) is 12.8 Å². The highest BCUT2D eigenvalue weighted by atomic mass is 14.3. The Morgan fingerprint density at radius 1 is 0.909 bits per heavy atom. The van der Waals surface area contributed by atoms with Crippen molar-refractivity contribution in [2.24, 2.45) is 0 Å². The van der Waals surface area contributed by atoms with Crippen molar-refractivity contribution in [3.63, 3.8) is 0 Å². The predicted octanol–water partition coefficient (Wildman–Crippen LogP) is 6.01. The van der Waals surface area contributed by atoms with Crippen LogP contribution in [0.1, 0.15) is 55.4 Å². The lowest BCUT2D eigenvalue weighted by Gasteiger charge is -2.26. The summed E-state index contributed by atoms with van der Waals surface area (Å²) in [6.07, 6.45) is 11.9. The van der Waals surface area contributed by atoms with Crippen LogP contribution in [0.5, 0.6) is 0 Å². The van der Waals surface area contributed by atoms with E-state index >= 15 is 0 Å². The Kier molecular flexibility index (Phi) is 3.41. The highest BCUT2D eigenvalue weighted by molar-refractivity contribution is 5.95. The van der Waals surface area contributed by atoms with Crippen LogP contribution in [0.25, 0.3) is 16.3 Å². The number of hydrogen-bond acceptors (Lipinski definition) is 0. The van der Waals surface area contributed by atoms with Crippen molar-refractivity contribution in [1.82, 2.24) is 0 Å². The number of rotatable bonds is 2. The summed E-state index contributed by atoms with van der Waals surface area (Å²) in [7, 11) is 0. The summed E-state index contributed by atoms with van der Waals surface area (Å²) in [5.74, 6) is 0. The number of hydrogen-bond donors (Lipinski definition) is 0. The van der Waals surface area contributed by atoms with Gasteiger partial charge in [-0.05, 0) is 77.1 Å². The minimum Gasteiger partial charge on any atom is -0.0836 e. The lowest BCUT2D eigenvalue weighted by molar-refractivity contribution is 0.831. The molecule has 0 radical (unpaired) electrons. The van der Waals surface area contributed by atoms with Gasteiger partial charge < -0.3 is 0 Å². The monoisotopic (exact) mass is 288 g/mol. The SMILES string of the molecule is CCc1cc(CC)c2ccc3c(c2c1)CCC1=C3C=CCC1. The average molecular weight is 288 g/mol. The van der Waals surface area contributed by atoms with Crippen LogP contribution in [0.3, 0.4) is 0 Å². The van der Waals surface area contributed by atoms with E-state index < -0.39 is 0 Å². The molecule has 0 saturated heterocycles. The molecule has 112 valence electrons. The van der Waals surface area contributed by atoms with Gasteiger partial charge in [0.1, 0.15) is 0 Å². The summed E-state index contributed by atoms with van der Waals surface area (Å²) in [5.41, 5.74) is 9.28. The van der Waals surface area contributed by atoms with Crippen LogP contribution >= 0.6 is 0 Å². The van der Waals surface area contributed by atoms with Crippen molar-refractivity contribution in [1.29, 1.82) is 0 Å². The van der Waals surface area contributed by atoms with E-state index in [-0.39, 0.29) is 0 Å². The first-order valence-electron chi connectivity index (χ1n) is 8.78. The van der Waals surface area contributed by atoms with Crippen molar-refractivity contribution >= 4 is 16.3 Å². The van der Waals surface area contributed by atoms with Crippen molar-refractivity contribution in [3.05, 3.63) is 64.2 Å². The third-order valence-corrected chi connectivity index (χ3v) is 5.43. The number of aryl methyl sites for hydroxylation is 3. The molecule has 2 aliphatic rings. The summed E-state index contributed by atoms with van der Waals surface area (Å²) in [6.45, 7) is 4.54. The summed E-state index contributed by atoms with van der Waals surface area (Å²) >= 11 is 0. The summed E-state index contributed by atoms with van der Waals surface area (Å²) in [6, 6.07) is 9.60. The predicted molar refractivity (Wildman–Crippen MR) is 96.3 cm³/mol. The number of benzene rings is 2. The first-order valence-corrected chi connectivity index (χ1v) is 8.78. The third-order valence-electron chi connectivity index (χ3n) is 5.43. The second kappa shape index (κ2) is 5.43. The molecule has 0 amide bonds. The topological polar surface area (TPSA) is 0 Å². The second-order valence-corrected chi connectivity index (χ2v) is 6.61. The molecule has 0 spiro atoms. The number of fused-ring (bicyclic) bond motifs is 4. The van der Waals surface area contributed by atoms with Gasteiger partial charge >= 0.3 is 0 Å². The van der Waals surface area contributed by atoms with Gasteiger partial charge in [-0.1, -0.05) is 55.8 Å². The zero-order valence-electron chi connectivity index (χ0n) is 13.7. The molecule has 0 nitrogen and oxygen atoms in total. The molecule has 0 heterocycles. The zero-order valence-corrected chi connectivity index (χ0v) is 13.7. The zero-order chi connectivity index (χ0) is 15.1. The quantitative estimate of drug-likeness (QED) is 0.634. The maximum absolute atomic E-state index is 2.45. The van der Waals surface area contributed by atoms with Crippen molar-refractivity contribution in [2.45, 2.75) is 52.4 Å². The highest BCUT2D eigenvalue weighted by Crippen LogP contribution is 2.40. The Balaban J connectivity index is 2.01. The normalized spacial score (nSPS) is 16.8. The fourth-order valence-electron chi connectivity index (χ4n) is 4.18. The fourth-order valence-corrected chi connectivity index (χ4v) is 4.18. The van der Waals surface area contributed by atoms with E-state index in [0.29, 0.717) is 0 Å². The van der Waals surface area contributed by atoms with Gasteiger partial charge in [-0.25, -0.2) is 0 Å². The van der Waals surface area contributed by atoms with Crippen LogP contribution in [-0.2, 0) is 19.3 Å². The van der Waals surface area contributed by atoms with Crippen molar-refractivity contribution in [3.8, 4) is 0 Å². The van der Waals surface area contributed by atoms with Gasteiger partial charge in [0, 0.05) is 0 Å². The van der Waals surface area contributed by atoms with Gasteiger partial charge in [-0.3, -0.25) is 0 Å². The van der Waals surface area contributed by atoms with E-state index in [1.165, 1.54) is 58.7 Å². The van der Waals surface area contributed by atoms with Gasteiger partial charge in [-0.15, -0.1) is 0 Å². The maximum atomic E-state index is 2.45. The van der Waals surface area contributed by atoms with Gasteiger partial charge in [0.15, 0.2) is 0 Å². The fraction of sp³-hybridized carbons (Fsp3) is 0.364. The van der Waals surface area contributed by atoms with Gasteiger partial charge in [-0.2, -0.15) is 0 Å². The van der Waals surface area contributed by atoms with Crippen LogP contribution < -0.4 is 0 Å². The molecule has 2 aromatic rings. The highest BCUT2D eigenvalue weighted by Gasteiger charge is 2.21. The minimum atomic E-state index is 1.12. The molecule has 2 aromatic carbocycles.